The minimum atomic E-state index is -1.09. The van der Waals surface area contributed by atoms with Crippen LogP contribution in [0.4, 0.5) is 5.69 Å². The summed E-state index contributed by atoms with van der Waals surface area (Å²) in [5.41, 5.74) is 3.05. The van der Waals surface area contributed by atoms with Gasteiger partial charge in [-0.2, -0.15) is 0 Å². The molecule has 0 spiro atoms. The average Bonchev–Trinajstić information content (AvgIpc) is 2.94. The Morgan fingerprint density at radius 2 is 1.88 bits per heavy atom. The molecule has 1 aliphatic heterocycles. The lowest BCUT2D eigenvalue weighted by atomic mass is 9.92. The van der Waals surface area contributed by atoms with Crippen LogP contribution in [-0.2, 0) is 9.59 Å². The molecule has 2 aromatic rings. The number of benzene rings is 2. The van der Waals surface area contributed by atoms with Crippen LogP contribution in [0.15, 0.2) is 72.2 Å². The Kier molecular flexibility index (Phi) is 8.55. The number of benzodiazepines with no additional fused rings is 1. The lowest BCUT2D eigenvalue weighted by molar-refractivity contribution is -0.132. The van der Waals surface area contributed by atoms with Crippen LogP contribution < -0.4 is 10.2 Å². The fourth-order valence-electron chi connectivity index (χ4n) is 4.09. The number of aliphatic hydroxyl groups is 1. The molecule has 3 atom stereocenters. The summed E-state index contributed by atoms with van der Waals surface area (Å²) in [7, 11) is 1.69. The van der Waals surface area contributed by atoms with E-state index in [1.165, 1.54) is 4.90 Å². The van der Waals surface area contributed by atoms with Crippen LogP contribution in [0.3, 0.4) is 0 Å². The van der Waals surface area contributed by atoms with Crippen LogP contribution in [0.5, 0.6) is 0 Å². The van der Waals surface area contributed by atoms with E-state index in [-0.39, 0.29) is 11.8 Å². The number of carbonyl (C=O) groups excluding carboxylic acids is 2. The summed E-state index contributed by atoms with van der Waals surface area (Å²) < 4.78 is 0. The molecule has 174 valence electrons. The zero-order valence-electron chi connectivity index (χ0n) is 19.4. The molecule has 33 heavy (non-hydrogen) atoms. The number of allylic oxidation sites excluding steroid dienone is 1. The van der Waals surface area contributed by atoms with E-state index in [9.17, 15) is 14.7 Å². The predicted molar refractivity (Wildman–Crippen MR) is 132 cm³/mol. The van der Waals surface area contributed by atoms with Crippen molar-refractivity contribution in [1.82, 2.24) is 5.32 Å². The first-order chi connectivity index (χ1) is 16.0. The maximum atomic E-state index is 13.3. The lowest BCUT2D eigenvalue weighted by Crippen LogP contribution is -2.49. The molecule has 3 rings (SSSR count). The molecule has 6 heteroatoms. The quantitative estimate of drug-likeness (QED) is 0.539. The number of nitrogens with zero attached hydrogens (tertiary/aromatic N) is 2. The Morgan fingerprint density at radius 1 is 1.18 bits per heavy atom. The van der Waals surface area contributed by atoms with E-state index in [0.717, 1.165) is 29.7 Å². The number of likely N-dealkylation sites (N-methyl/N-ethyl adjacent to an activating group) is 1. The molecule has 2 unspecified atom stereocenters. The van der Waals surface area contributed by atoms with E-state index in [1.807, 2.05) is 61.5 Å². The van der Waals surface area contributed by atoms with E-state index in [2.05, 4.69) is 11.9 Å². The zero-order chi connectivity index (χ0) is 23.8. The molecule has 2 amide bonds. The van der Waals surface area contributed by atoms with Gasteiger partial charge in [0.15, 0.2) is 0 Å². The van der Waals surface area contributed by atoms with Crippen molar-refractivity contribution >= 4 is 23.2 Å². The van der Waals surface area contributed by atoms with Gasteiger partial charge in [-0.25, -0.2) is 4.99 Å². The maximum absolute atomic E-state index is 13.3. The summed E-state index contributed by atoms with van der Waals surface area (Å²) in [5.74, 6) is -1.32. The predicted octanol–water partition coefficient (Wildman–Crippen LogP) is 4.08. The molecule has 0 aliphatic carbocycles. The number of fused-ring (bicyclic) bond motifs is 1. The highest BCUT2D eigenvalue weighted by Crippen LogP contribution is 2.27. The van der Waals surface area contributed by atoms with Crippen LogP contribution in [-0.4, -0.2) is 41.9 Å². The molecule has 1 aliphatic rings. The molecule has 0 fully saturated rings. The number of carbonyl (C=O) groups is 2. The topological polar surface area (TPSA) is 82.0 Å². The Labute approximate surface area is 196 Å². The fraction of sp³-hybridized carbons (Fsp3) is 0.370. The van der Waals surface area contributed by atoms with E-state index in [1.54, 1.807) is 13.1 Å². The van der Waals surface area contributed by atoms with Crippen molar-refractivity contribution in [3.8, 4) is 0 Å². The van der Waals surface area contributed by atoms with Crippen molar-refractivity contribution in [3.05, 3.63) is 78.4 Å². The number of aliphatic hydroxyl groups excluding tert-OH is 1. The highest BCUT2D eigenvalue weighted by Gasteiger charge is 2.34. The molecule has 0 bridgehead atoms. The molecule has 0 saturated carbocycles. The Bertz CT molecular complexity index is 1000. The van der Waals surface area contributed by atoms with Gasteiger partial charge < -0.3 is 15.3 Å². The highest BCUT2D eigenvalue weighted by atomic mass is 16.3. The van der Waals surface area contributed by atoms with Crippen LogP contribution in [0.25, 0.3) is 0 Å². The molecule has 0 aromatic heterocycles. The molecule has 2 N–H and O–H groups in total. The summed E-state index contributed by atoms with van der Waals surface area (Å²) >= 11 is 0. The number of amides is 2. The van der Waals surface area contributed by atoms with Crippen LogP contribution >= 0.6 is 0 Å². The number of unbranched alkanes of at least 4 members (excludes halogenated alkanes) is 1. The summed E-state index contributed by atoms with van der Waals surface area (Å²) in [4.78, 5) is 32.8. The first-order valence-electron chi connectivity index (χ1n) is 11.6. The molecular weight excluding hydrogens is 414 g/mol. The van der Waals surface area contributed by atoms with Crippen molar-refractivity contribution in [2.45, 2.75) is 51.3 Å². The SMILES string of the molecule is C=CCCC(C(=O)N[C@H]1N=C(c2ccccc2)c2ccccc2N(C)C1=O)C(O)CCCC. The number of hydrogen-bond acceptors (Lipinski definition) is 4. The molecular formula is C27H33N3O3. The summed E-state index contributed by atoms with van der Waals surface area (Å²) in [5, 5.41) is 13.5. The van der Waals surface area contributed by atoms with Gasteiger partial charge in [0.1, 0.15) is 0 Å². The normalized spacial score (nSPS) is 17.4. The monoisotopic (exact) mass is 447 g/mol. The van der Waals surface area contributed by atoms with Gasteiger partial charge in [0.05, 0.1) is 23.4 Å². The Balaban J connectivity index is 1.96. The van der Waals surface area contributed by atoms with Gasteiger partial charge in [0.2, 0.25) is 12.1 Å². The largest absolute Gasteiger partial charge is 0.392 e. The lowest BCUT2D eigenvalue weighted by Gasteiger charge is -2.25. The maximum Gasteiger partial charge on any atom is 0.272 e. The second-order valence-corrected chi connectivity index (χ2v) is 8.35. The fourth-order valence-corrected chi connectivity index (χ4v) is 4.09. The molecule has 2 aromatic carbocycles. The van der Waals surface area contributed by atoms with Crippen LogP contribution in [0, 0.1) is 5.92 Å². The van der Waals surface area contributed by atoms with Gasteiger partial charge in [-0.3, -0.25) is 9.59 Å². The van der Waals surface area contributed by atoms with Crippen LogP contribution in [0.2, 0.25) is 0 Å². The van der Waals surface area contributed by atoms with Crippen molar-refractivity contribution in [3.63, 3.8) is 0 Å². The van der Waals surface area contributed by atoms with E-state index in [0.29, 0.717) is 25.0 Å². The standard InChI is InChI=1S/C27H33N3O3/c1-4-6-15-21(23(31)18-7-5-2)26(32)29-25-27(33)30(3)22-17-12-11-16-20(22)24(28-25)19-13-9-8-10-14-19/h4,8-14,16-17,21,23,25,31H,1,5-7,15,18H2,2-3H3,(H,29,32)/t21?,23?,25-/m1/s1. The number of anilines is 1. The van der Waals surface area contributed by atoms with Gasteiger partial charge in [-0.1, -0.05) is 74.4 Å². The summed E-state index contributed by atoms with van der Waals surface area (Å²) in [6.45, 7) is 5.78. The van der Waals surface area contributed by atoms with Crippen molar-refractivity contribution in [2.24, 2.45) is 10.9 Å². The minimum Gasteiger partial charge on any atom is -0.392 e. The number of aliphatic imine (C=N–C) groups is 1. The van der Waals surface area contributed by atoms with E-state index in [4.69, 9.17) is 4.99 Å². The molecule has 0 saturated heterocycles. The average molecular weight is 448 g/mol. The Hall–Kier alpha value is -3.25. The number of nitrogens with one attached hydrogen (secondary N) is 1. The second-order valence-electron chi connectivity index (χ2n) is 8.35. The van der Waals surface area contributed by atoms with Gasteiger partial charge in [-0.15, -0.1) is 6.58 Å². The number of hydrogen-bond donors (Lipinski definition) is 2. The second kappa shape index (κ2) is 11.6. The number of rotatable bonds is 10. The van der Waals surface area contributed by atoms with Gasteiger partial charge in [-0.05, 0) is 25.3 Å². The highest BCUT2D eigenvalue weighted by molar-refractivity contribution is 6.20. The summed E-state index contributed by atoms with van der Waals surface area (Å²) in [6, 6.07) is 17.2. The van der Waals surface area contributed by atoms with Gasteiger partial charge in [0.25, 0.3) is 5.91 Å². The van der Waals surface area contributed by atoms with Crippen molar-refractivity contribution in [2.75, 3.05) is 11.9 Å². The first kappa shape index (κ1) is 24.4. The smallest absolute Gasteiger partial charge is 0.272 e. The molecule has 0 radical (unpaired) electrons. The molecule has 1 heterocycles. The van der Waals surface area contributed by atoms with E-state index < -0.39 is 18.2 Å². The third kappa shape index (κ3) is 5.76. The van der Waals surface area contributed by atoms with Gasteiger partial charge in [0, 0.05) is 18.2 Å². The molecule has 6 nitrogen and oxygen atoms in total. The Morgan fingerprint density at radius 3 is 2.58 bits per heavy atom. The van der Waals surface area contributed by atoms with Crippen molar-refractivity contribution in [1.29, 1.82) is 0 Å². The van der Waals surface area contributed by atoms with E-state index >= 15 is 0 Å². The zero-order valence-corrected chi connectivity index (χ0v) is 19.4. The third-order valence-corrected chi connectivity index (χ3v) is 6.01. The van der Waals surface area contributed by atoms with Crippen LogP contribution in [0.1, 0.15) is 50.2 Å². The van der Waals surface area contributed by atoms with Crippen molar-refractivity contribution < 1.29 is 14.7 Å². The number of para-hydroxylation sites is 1. The first-order valence-corrected chi connectivity index (χ1v) is 11.6. The third-order valence-electron chi connectivity index (χ3n) is 6.01. The van der Waals surface area contributed by atoms with Gasteiger partial charge >= 0.3 is 0 Å². The summed E-state index contributed by atoms with van der Waals surface area (Å²) in [6.07, 6.45) is 3.23. The minimum absolute atomic E-state index is 0.327.